The van der Waals surface area contributed by atoms with E-state index in [1.165, 1.54) is 0 Å². The molecule has 0 aliphatic carbocycles. The van der Waals surface area contributed by atoms with Gasteiger partial charge in [0, 0.05) is 6.54 Å². The lowest BCUT2D eigenvalue weighted by Crippen LogP contribution is -2.27. The van der Waals surface area contributed by atoms with Crippen LogP contribution in [-0.2, 0) is 4.79 Å². The summed E-state index contributed by atoms with van der Waals surface area (Å²) in [5.74, 6) is 0.0862. The number of unbranched alkanes of at least 4 members (excludes halogenated alkanes) is 1. The molecule has 3 rings (SSSR count). The maximum Gasteiger partial charge on any atom is 0.262 e. The quantitative estimate of drug-likeness (QED) is 0.500. The van der Waals surface area contributed by atoms with Crippen molar-refractivity contribution < 1.29 is 14.3 Å². The maximum absolute atomic E-state index is 12.4. The third-order valence-electron chi connectivity index (χ3n) is 4.59. The second kappa shape index (κ2) is 10.8. The summed E-state index contributed by atoms with van der Waals surface area (Å²) in [5, 5.41) is 5.63. The van der Waals surface area contributed by atoms with E-state index in [9.17, 15) is 9.59 Å². The fraction of sp³-hybridized carbons (Fsp3) is 0.200. The van der Waals surface area contributed by atoms with Crippen LogP contribution >= 0.6 is 0 Å². The van der Waals surface area contributed by atoms with Crippen molar-refractivity contribution in [1.29, 1.82) is 0 Å². The Hall–Kier alpha value is -3.60. The van der Waals surface area contributed by atoms with Crippen LogP contribution in [-0.4, -0.2) is 25.0 Å². The van der Waals surface area contributed by atoms with Crippen molar-refractivity contribution in [1.82, 2.24) is 5.32 Å². The first-order chi connectivity index (χ1) is 14.7. The largest absolute Gasteiger partial charge is 0.484 e. The summed E-state index contributed by atoms with van der Waals surface area (Å²) in [4.78, 5) is 24.7. The van der Waals surface area contributed by atoms with Crippen molar-refractivity contribution in [3.8, 4) is 16.9 Å². The molecule has 0 heterocycles. The summed E-state index contributed by atoms with van der Waals surface area (Å²) in [6.45, 7) is 2.53. The van der Waals surface area contributed by atoms with E-state index in [1.54, 1.807) is 24.3 Å². The number of ether oxygens (including phenoxy) is 1. The second-order valence-electron chi connectivity index (χ2n) is 6.88. The van der Waals surface area contributed by atoms with Crippen LogP contribution in [0.4, 0.5) is 5.69 Å². The summed E-state index contributed by atoms with van der Waals surface area (Å²) in [6, 6.07) is 24.6. The van der Waals surface area contributed by atoms with Gasteiger partial charge in [0.15, 0.2) is 6.61 Å². The Balaban J connectivity index is 1.55. The van der Waals surface area contributed by atoms with Crippen LogP contribution < -0.4 is 15.4 Å². The van der Waals surface area contributed by atoms with E-state index in [0.29, 0.717) is 23.5 Å². The smallest absolute Gasteiger partial charge is 0.262 e. The Bertz CT molecular complexity index is 969. The topological polar surface area (TPSA) is 67.4 Å². The van der Waals surface area contributed by atoms with E-state index in [4.69, 9.17) is 4.74 Å². The normalized spacial score (nSPS) is 10.3. The summed E-state index contributed by atoms with van der Waals surface area (Å²) >= 11 is 0. The van der Waals surface area contributed by atoms with Gasteiger partial charge in [-0.1, -0.05) is 67.9 Å². The molecule has 5 nitrogen and oxygen atoms in total. The van der Waals surface area contributed by atoms with Gasteiger partial charge in [0.25, 0.3) is 11.8 Å². The highest BCUT2D eigenvalue weighted by Crippen LogP contribution is 2.22. The molecule has 0 saturated carbocycles. The van der Waals surface area contributed by atoms with Crippen LogP contribution in [0.5, 0.6) is 5.75 Å². The van der Waals surface area contributed by atoms with Gasteiger partial charge in [-0.3, -0.25) is 9.59 Å². The van der Waals surface area contributed by atoms with Crippen molar-refractivity contribution >= 4 is 17.5 Å². The molecule has 2 N–H and O–H groups in total. The Morgan fingerprint density at radius 1 is 0.833 bits per heavy atom. The van der Waals surface area contributed by atoms with Gasteiger partial charge in [0.05, 0.1) is 11.3 Å². The van der Waals surface area contributed by atoms with Gasteiger partial charge in [-0.25, -0.2) is 0 Å². The first kappa shape index (κ1) is 21.1. The summed E-state index contributed by atoms with van der Waals surface area (Å²) in [5.41, 5.74) is 3.11. The van der Waals surface area contributed by atoms with Crippen molar-refractivity contribution in [2.45, 2.75) is 19.8 Å². The van der Waals surface area contributed by atoms with Gasteiger partial charge in [0.1, 0.15) is 5.75 Å². The van der Waals surface area contributed by atoms with Gasteiger partial charge in [0.2, 0.25) is 0 Å². The fourth-order valence-electron chi connectivity index (χ4n) is 2.97. The molecule has 0 saturated heterocycles. The highest BCUT2D eigenvalue weighted by molar-refractivity contribution is 6.04. The Morgan fingerprint density at radius 2 is 1.50 bits per heavy atom. The first-order valence-corrected chi connectivity index (χ1v) is 10.1. The Morgan fingerprint density at radius 3 is 2.23 bits per heavy atom. The standard InChI is InChI=1S/C25H26N2O3/c1-2-3-17-26-25(29)22-11-7-8-12-23(22)27-24(28)18-30-21-15-13-20(14-16-21)19-9-5-4-6-10-19/h4-16H,2-3,17-18H2,1H3,(H,26,29)(H,27,28). The van der Waals surface area contributed by atoms with Crippen molar-refractivity contribution in [2.75, 3.05) is 18.5 Å². The number of carbonyl (C=O) groups excluding carboxylic acids is 2. The SMILES string of the molecule is CCCCNC(=O)c1ccccc1NC(=O)COc1ccc(-c2ccccc2)cc1. The zero-order valence-corrected chi connectivity index (χ0v) is 17.1. The summed E-state index contributed by atoms with van der Waals surface area (Å²) < 4.78 is 5.60. The van der Waals surface area contributed by atoms with E-state index in [0.717, 1.165) is 24.0 Å². The number of benzene rings is 3. The predicted octanol–water partition coefficient (Wildman–Crippen LogP) is 4.90. The van der Waals surface area contributed by atoms with Gasteiger partial charge in [-0.05, 0) is 41.8 Å². The third-order valence-corrected chi connectivity index (χ3v) is 4.59. The Labute approximate surface area is 177 Å². The van der Waals surface area contributed by atoms with E-state index in [-0.39, 0.29) is 18.4 Å². The average Bonchev–Trinajstić information content (AvgIpc) is 2.79. The number of hydrogen-bond donors (Lipinski definition) is 2. The first-order valence-electron chi connectivity index (χ1n) is 10.1. The van der Waals surface area contributed by atoms with Crippen molar-refractivity contribution in [2.24, 2.45) is 0 Å². The van der Waals surface area contributed by atoms with Crippen LogP contribution in [0.25, 0.3) is 11.1 Å². The lowest BCUT2D eigenvalue weighted by molar-refractivity contribution is -0.118. The molecule has 0 fully saturated rings. The number of anilines is 1. The fourth-order valence-corrected chi connectivity index (χ4v) is 2.97. The molecule has 0 unspecified atom stereocenters. The number of amides is 2. The van der Waals surface area contributed by atoms with Crippen LogP contribution in [0.15, 0.2) is 78.9 Å². The molecule has 0 aliphatic heterocycles. The monoisotopic (exact) mass is 402 g/mol. The molecule has 3 aromatic rings. The van der Waals surface area contributed by atoms with Crippen LogP contribution in [0.1, 0.15) is 30.1 Å². The molecular formula is C25H26N2O3. The minimum atomic E-state index is -0.323. The van der Waals surface area contributed by atoms with Gasteiger partial charge >= 0.3 is 0 Å². The van der Waals surface area contributed by atoms with E-state index in [1.807, 2.05) is 54.6 Å². The average molecular weight is 402 g/mol. The molecule has 0 aliphatic rings. The summed E-state index contributed by atoms with van der Waals surface area (Å²) in [6.07, 6.45) is 1.92. The van der Waals surface area contributed by atoms with Crippen LogP contribution in [0.3, 0.4) is 0 Å². The number of rotatable bonds is 9. The zero-order chi connectivity index (χ0) is 21.2. The highest BCUT2D eigenvalue weighted by Gasteiger charge is 2.13. The molecule has 0 bridgehead atoms. The third kappa shape index (κ3) is 5.95. The van der Waals surface area contributed by atoms with Crippen LogP contribution in [0, 0.1) is 0 Å². The number of para-hydroxylation sites is 1. The van der Waals surface area contributed by atoms with E-state index in [2.05, 4.69) is 17.6 Å². The molecule has 30 heavy (non-hydrogen) atoms. The minimum absolute atomic E-state index is 0.142. The number of nitrogens with one attached hydrogen (secondary N) is 2. The second-order valence-corrected chi connectivity index (χ2v) is 6.88. The van der Waals surface area contributed by atoms with Crippen molar-refractivity contribution in [3.63, 3.8) is 0 Å². The highest BCUT2D eigenvalue weighted by atomic mass is 16.5. The molecule has 0 radical (unpaired) electrons. The molecule has 154 valence electrons. The zero-order valence-electron chi connectivity index (χ0n) is 17.1. The van der Waals surface area contributed by atoms with E-state index >= 15 is 0 Å². The lowest BCUT2D eigenvalue weighted by atomic mass is 10.1. The van der Waals surface area contributed by atoms with Crippen molar-refractivity contribution in [3.05, 3.63) is 84.4 Å². The van der Waals surface area contributed by atoms with Gasteiger partial charge in [-0.15, -0.1) is 0 Å². The maximum atomic E-state index is 12.4. The molecule has 5 heteroatoms. The Kier molecular flexibility index (Phi) is 7.61. The molecule has 0 spiro atoms. The minimum Gasteiger partial charge on any atom is -0.484 e. The van der Waals surface area contributed by atoms with E-state index < -0.39 is 0 Å². The lowest BCUT2D eigenvalue weighted by Gasteiger charge is -2.12. The molecule has 0 aromatic heterocycles. The molecule has 2 amide bonds. The molecule has 3 aromatic carbocycles. The van der Waals surface area contributed by atoms with Crippen LogP contribution in [0.2, 0.25) is 0 Å². The summed E-state index contributed by atoms with van der Waals surface area (Å²) in [7, 11) is 0. The van der Waals surface area contributed by atoms with Gasteiger partial charge in [-0.2, -0.15) is 0 Å². The molecule has 0 atom stereocenters. The molecular weight excluding hydrogens is 376 g/mol. The number of hydrogen-bond acceptors (Lipinski definition) is 3. The predicted molar refractivity (Wildman–Crippen MR) is 120 cm³/mol. The number of carbonyl (C=O) groups is 2. The van der Waals surface area contributed by atoms with Gasteiger partial charge < -0.3 is 15.4 Å².